The molecule has 0 atom stereocenters. The number of carbonyl (C=O) groups excluding carboxylic acids is 1. The molecule has 0 spiro atoms. The molecule has 2 aromatic rings. The molecule has 2 heterocycles. The zero-order chi connectivity index (χ0) is 9.26. The Morgan fingerprint density at radius 1 is 1.31 bits per heavy atom. The van der Waals surface area contributed by atoms with Gasteiger partial charge in [-0.25, -0.2) is 0 Å². The monoisotopic (exact) mass is 175 g/mol. The maximum atomic E-state index is 10.7. The summed E-state index contributed by atoms with van der Waals surface area (Å²) in [4.78, 5) is 10.7. The van der Waals surface area contributed by atoms with Gasteiger partial charge in [-0.2, -0.15) is 0 Å². The highest BCUT2D eigenvalue weighted by Gasteiger charge is 2.02. The largest absolute Gasteiger partial charge is 0.424 e. The summed E-state index contributed by atoms with van der Waals surface area (Å²) in [7, 11) is 0. The van der Waals surface area contributed by atoms with Crippen LogP contribution in [0.2, 0.25) is 0 Å². The number of hydrogen-bond acceptors (Lipinski definition) is 2. The first-order chi connectivity index (χ1) is 6.27. The number of ether oxygens (including phenoxy) is 1. The highest BCUT2D eigenvalue weighted by Crippen LogP contribution is 2.19. The summed E-state index contributed by atoms with van der Waals surface area (Å²) in [6.45, 7) is 1.40. The standard InChI is InChI=1S/C10H9NO2/c1-8(12)13-10-5-3-7-11-6-2-4-9(10)11/h2-7H,1H3. The molecule has 3 nitrogen and oxygen atoms in total. The van der Waals surface area contributed by atoms with Crippen LogP contribution in [0, 0.1) is 0 Å². The Kier molecular flexibility index (Phi) is 1.77. The molecular formula is C10H9NO2. The maximum absolute atomic E-state index is 10.7. The molecule has 0 N–H and O–H groups in total. The number of hydrogen-bond donors (Lipinski definition) is 0. The van der Waals surface area contributed by atoms with Gasteiger partial charge in [-0.05, 0) is 24.3 Å². The van der Waals surface area contributed by atoms with Crippen molar-refractivity contribution in [3.63, 3.8) is 0 Å². The van der Waals surface area contributed by atoms with Crippen LogP contribution < -0.4 is 4.74 Å². The maximum Gasteiger partial charge on any atom is 0.308 e. The topological polar surface area (TPSA) is 30.7 Å². The van der Waals surface area contributed by atoms with Crippen LogP contribution in [0.4, 0.5) is 0 Å². The zero-order valence-corrected chi connectivity index (χ0v) is 7.23. The molecule has 0 aliphatic carbocycles. The highest BCUT2D eigenvalue weighted by atomic mass is 16.5. The summed E-state index contributed by atoms with van der Waals surface area (Å²) in [6, 6.07) is 7.42. The summed E-state index contributed by atoms with van der Waals surface area (Å²) in [5.74, 6) is 0.300. The van der Waals surface area contributed by atoms with Crippen LogP contribution in [0.25, 0.3) is 5.52 Å². The highest BCUT2D eigenvalue weighted by molar-refractivity contribution is 5.73. The number of fused-ring (bicyclic) bond motifs is 1. The molecule has 3 heteroatoms. The van der Waals surface area contributed by atoms with Gasteiger partial charge in [-0.3, -0.25) is 4.79 Å². The summed E-state index contributed by atoms with van der Waals surface area (Å²) in [6.07, 6.45) is 3.81. The third-order valence-corrected chi connectivity index (χ3v) is 1.78. The molecule has 0 saturated carbocycles. The third-order valence-electron chi connectivity index (χ3n) is 1.78. The van der Waals surface area contributed by atoms with Crippen molar-refractivity contribution in [2.45, 2.75) is 6.92 Å². The second kappa shape index (κ2) is 2.94. The van der Waals surface area contributed by atoms with Gasteiger partial charge in [0.05, 0.1) is 5.52 Å². The molecule has 0 radical (unpaired) electrons. The van der Waals surface area contributed by atoms with Crippen LogP contribution in [0.3, 0.4) is 0 Å². The van der Waals surface area contributed by atoms with Gasteiger partial charge in [0.25, 0.3) is 0 Å². The quantitative estimate of drug-likeness (QED) is 0.619. The van der Waals surface area contributed by atoms with Crippen molar-refractivity contribution >= 4 is 11.5 Å². The summed E-state index contributed by atoms with van der Waals surface area (Å²) in [5.41, 5.74) is 0.901. The van der Waals surface area contributed by atoms with Gasteiger partial charge >= 0.3 is 5.97 Å². The Balaban J connectivity index is 2.54. The zero-order valence-electron chi connectivity index (χ0n) is 7.23. The van der Waals surface area contributed by atoms with E-state index in [4.69, 9.17) is 4.74 Å². The second-order valence-electron chi connectivity index (χ2n) is 2.77. The lowest BCUT2D eigenvalue weighted by molar-refractivity contribution is -0.131. The predicted octanol–water partition coefficient (Wildman–Crippen LogP) is 1.86. The molecule has 66 valence electrons. The number of nitrogens with zero attached hydrogens (tertiary/aromatic N) is 1. The molecule has 0 bridgehead atoms. The number of esters is 1. The van der Waals surface area contributed by atoms with E-state index in [-0.39, 0.29) is 5.97 Å². The van der Waals surface area contributed by atoms with E-state index in [1.807, 2.05) is 35.0 Å². The first kappa shape index (κ1) is 7.86. The van der Waals surface area contributed by atoms with E-state index in [0.29, 0.717) is 5.75 Å². The van der Waals surface area contributed by atoms with Crippen LogP contribution >= 0.6 is 0 Å². The minimum atomic E-state index is -0.297. The Morgan fingerprint density at radius 3 is 2.69 bits per heavy atom. The fourth-order valence-corrected chi connectivity index (χ4v) is 1.28. The Hall–Kier alpha value is -1.77. The molecule has 0 saturated heterocycles. The fraction of sp³-hybridized carbons (Fsp3) is 0.100. The number of aromatic nitrogens is 1. The lowest BCUT2D eigenvalue weighted by Crippen LogP contribution is -2.02. The molecule has 2 aromatic heterocycles. The summed E-state index contributed by atoms with van der Waals surface area (Å²) >= 11 is 0. The number of pyridine rings is 1. The first-order valence-electron chi connectivity index (χ1n) is 4.01. The van der Waals surface area contributed by atoms with E-state index in [9.17, 15) is 4.79 Å². The smallest absolute Gasteiger partial charge is 0.308 e. The van der Waals surface area contributed by atoms with Gasteiger partial charge in [-0.1, -0.05) is 0 Å². The summed E-state index contributed by atoms with van der Waals surface area (Å²) < 4.78 is 6.93. The lowest BCUT2D eigenvalue weighted by atomic mass is 10.4. The van der Waals surface area contributed by atoms with E-state index in [1.165, 1.54) is 6.92 Å². The molecule has 0 amide bonds. The van der Waals surface area contributed by atoms with Crippen LogP contribution in [0.5, 0.6) is 5.75 Å². The molecular weight excluding hydrogens is 166 g/mol. The lowest BCUT2D eigenvalue weighted by Gasteiger charge is -2.02. The Labute approximate surface area is 75.6 Å². The molecule has 0 aliphatic heterocycles. The molecule has 2 rings (SSSR count). The molecule has 0 unspecified atom stereocenters. The van der Waals surface area contributed by atoms with E-state index >= 15 is 0 Å². The van der Waals surface area contributed by atoms with Crippen LogP contribution in [0.15, 0.2) is 36.7 Å². The number of rotatable bonds is 1. The van der Waals surface area contributed by atoms with E-state index < -0.39 is 0 Å². The van der Waals surface area contributed by atoms with Gasteiger partial charge in [0.2, 0.25) is 0 Å². The average Bonchev–Trinajstić information content (AvgIpc) is 2.51. The van der Waals surface area contributed by atoms with E-state index in [2.05, 4.69) is 0 Å². The minimum absolute atomic E-state index is 0.297. The average molecular weight is 175 g/mol. The van der Waals surface area contributed by atoms with Crippen LogP contribution in [-0.4, -0.2) is 10.4 Å². The molecule has 0 aromatic carbocycles. The minimum Gasteiger partial charge on any atom is -0.424 e. The van der Waals surface area contributed by atoms with E-state index in [1.54, 1.807) is 6.07 Å². The van der Waals surface area contributed by atoms with Crippen molar-refractivity contribution in [2.24, 2.45) is 0 Å². The fourth-order valence-electron chi connectivity index (χ4n) is 1.28. The van der Waals surface area contributed by atoms with Crippen molar-refractivity contribution < 1.29 is 9.53 Å². The second-order valence-corrected chi connectivity index (χ2v) is 2.77. The van der Waals surface area contributed by atoms with E-state index in [0.717, 1.165) is 5.52 Å². The molecule has 0 aliphatic rings. The SMILES string of the molecule is CC(=O)Oc1cccn2cccc12. The van der Waals surface area contributed by atoms with Gasteiger partial charge in [0.1, 0.15) is 0 Å². The van der Waals surface area contributed by atoms with Gasteiger partial charge in [-0.15, -0.1) is 0 Å². The predicted molar refractivity (Wildman–Crippen MR) is 48.7 cm³/mol. The third kappa shape index (κ3) is 1.40. The molecule has 13 heavy (non-hydrogen) atoms. The van der Waals surface area contributed by atoms with Crippen molar-refractivity contribution in [1.29, 1.82) is 0 Å². The summed E-state index contributed by atoms with van der Waals surface area (Å²) in [5, 5.41) is 0. The molecule has 0 fully saturated rings. The van der Waals surface area contributed by atoms with Crippen LogP contribution in [-0.2, 0) is 4.79 Å². The van der Waals surface area contributed by atoms with Crippen molar-refractivity contribution in [3.8, 4) is 5.75 Å². The normalized spacial score (nSPS) is 10.2. The number of carbonyl (C=O) groups is 1. The van der Waals surface area contributed by atoms with Gasteiger partial charge in [0.15, 0.2) is 5.75 Å². The van der Waals surface area contributed by atoms with Crippen molar-refractivity contribution in [3.05, 3.63) is 36.7 Å². The van der Waals surface area contributed by atoms with Crippen LogP contribution in [0.1, 0.15) is 6.92 Å². The first-order valence-corrected chi connectivity index (χ1v) is 4.01. The van der Waals surface area contributed by atoms with Crippen molar-refractivity contribution in [1.82, 2.24) is 4.40 Å². The van der Waals surface area contributed by atoms with Gasteiger partial charge < -0.3 is 9.14 Å². The Bertz CT molecular complexity index is 445. The van der Waals surface area contributed by atoms with Gasteiger partial charge in [0, 0.05) is 19.3 Å². The van der Waals surface area contributed by atoms with Crippen molar-refractivity contribution in [2.75, 3.05) is 0 Å². The Morgan fingerprint density at radius 2 is 2.00 bits per heavy atom.